The molecule has 2 rings (SSSR count). The van der Waals surface area contributed by atoms with E-state index in [4.69, 9.17) is 5.73 Å². The maximum Gasteiger partial charge on any atom is 0.256 e. The first-order valence-corrected chi connectivity index (χ1v) is 4.90. The standard InChI is InChI=1S/C10H14F2N2/c11-10(12)6-14-5-4-7-8(13)2-1-3-9(7)14/h4-5,8,10H,1-3,6,13H2. The second-order valence-corrected chi connectivity index (χ2v) is 3.76. The van der Waals surface area contributed by atoms with Gasteiger partial charge in [-0.2, -0.15) is 0 Å². The van der Waals surface area contributed by atoms with E-state index < -0.39 is 6.43 Å². The van der Waals surface area contributed by atoms with Gasteiger partial charge in [-0.15, -0.1) is 0 Å². The summed E-state index contributed by atoms with van der Waals surface area (Å²) in [5.41, 5.74) is 7.95. The van der Waals surface area contributed by atoms with Gasteiger partial charge < -0.3 is 10.3 Å². The smallest absolute Gasteiger partial charge is 0.256 e. The molecule has 0 aromatic carbocycles. The summed E-state index contributed by atoms with van der Waals surface area (Å²) in [6.07, 6.45) is 2.28. The van der Waals surface area contributed by atoms with E-state index in [9.17, 15) is 8.78 Å². The summed E-state index contributed by atoms with van der Waals surface area (Å²) in [6.45, 7) is -0.206. The van der Waals surface area contributed by atoms with Gasteiger partial charge in [0.2, 0.25) is 0 Å². The summed E-state index contributed by atoms with van der Waals surface area (Å²) in [5.74, 6) is 0. The van der Waals surface area contributed by atoms with E-state index in [-0.39, 0.29) is 12.6 Å². The van der Waals surface area contributed by atoms with Crippen molar-refractivity contribution in [2.75, 3.05) is 0 Å². The number of nitrogens with two attached hydrogens (primary N) is 1. The van der Waals surface area contributed by atoms with Gasteiger partial charge in [-0.05, 0) is 30.9 Å². The van der Waals surface area contributed by atoms with Gasteiger partial charge in [0.25, 0.3) is 6.43 Å². The SMILES string of the molecule is NC1CCCc2c1ccn2CC(F)F. The molecule has 0 amide bonds. The number of halogens is 2. The van der Waals surface area contributed by atoms with Crippen molar-refractivity contribution in [1.29, 1.82) is 0 Å². The Morgan fingerprint density at radius 1 is 1.57 bits per heavy atom. The van der Waals surface area contributed by atoms with E-state index in [1.54, 1.807) is 10.8 Å². The highest BCUT2D eigenvalue weighted by Crippen LogP contribution is 2.28. The average Bonchev–Trinajstić information content (AvgIpc) is 2.49. The summed E-state index contributed by atoms with van der Waals surface area (Å²) in [6, 6.07) is 1.92. The Hall–Kier alpha value is -0.900. The molecule has 0 fully saturated rings. The Morgan fingerprint density at radius 2 is 2.36 bits per heavy atom. The van der Waals surface area contributed by atoms with Gasteiger partial charge in [-0.1, -0.05) is 0 Å². The van der Waals surface area contributed by atoms with Crippen LogP contribution < -0.4 is 5.73 Å². The fraction of sp³-hybridized carbons (Fsp3) is 0.600. The minimum atomic E-state index is -2.29. The molecule has 1 heterocycles. The number of alkyl halides is 2. The van der Waals surface area contributed by atoms with Gasteiger partial charge in [0.05, 0.1) is 6.54 Å². The third-order valence-electron chi connectivity index (χ3n) is 2.78. The van der Waals surface area contributed by atoms with Gasteiger partial charge in [-0.3, -0.25) is 0 Å². The van der Waals surface area contributed by atoms with E-state index in [0.717, 1.165) is 30.5 Å². The molecule has 14 heavy (non-hydrogen) atoms. The molecule has 0 spiro atoms. The molecule has 0 bridgehead atoms. The third kappa shape index (κ3) is 1.66. The molecule has 1 unspecified atom stereocenters. The highest BCUT2D eigenvalue weighted by atomic mass is 19.3. The number of rotatable bonds is 2. The van der Waals surface area contributed by atoms with E-state index in [2.05, 4.69) is 0 Å². The molecule has 0 aliphatic heterocycles. The second-order valence-electron chi connectivity index (χ2n) is 3.76. The molecule has 78 valence electrons. The molecule has 1 atom stereocenters. The molecule has 2 nitrogen and oxygen atoms in total. The molecular formula is C10H14F2N2. The molecule has 1 aromatic heterocycles. The number of hydrogen-bond acceptors (Lipinski definition) is 1. The molecule has 0 saturated carbocycles. The summed E-state index contributed by atoms with van der Waals surface area (Å²) in [7, 11) is 0. The Morgan fingerprint density at radius 3 is 3.07 bits per heavy atom. The van der Waals surface area contributed by atoms with Crippen LogP contribution in [0.25, 0.3) is 0 Å². The molecule has 2 N–H and O–H groups in total. The van der Waals surface area contributed by atoms with Crippen molar-refractivity contribution in [3.05, 3.63) is 23.5 Å². The van der Waals surface area contributed by atoms with Crippen LogP contribution in [0, 0.1) is 0 Å². The monoisotopic (exact) mass is 200 g/mol. The van der Waals surface area contributed by atoms with Crippen LogP contribution >= 0.6 is 0 Å². The highest BCUT2D eigenvalue weighted by Gasteiger charge is 2.20. The zero-order valence-corrected chi connectivity index (χ0v) is 7.92. The van der Waals surface area contributed by atoms with Gasteiger partial charge in [0.15, 0.2) is 0 Å². The Kier molecular flexibility index (Phi) is 2.54. The van der Waals surface area contributed by atoms with Crippen molar-refractivity contribution >= 4 is 0 Å². The molecule has 1 aliphatic carbocycles. The Balaban J connectivity index is 2.26. The van der Waals surface area contributed by atoms with Gasteiger partial charge >= 0.3 is 0 Å². The average molecular weight is 200 g/mol. The molecule has 1 aromatic rings. The molecule has 4 heteroatoms. The van der Waals surface area contributed by atoms with Crippen LogP contribution in [0.1, 0.15) is 30.1 Å². The van der Waals surface area contributed by atoms with Crippen LogP contribution in [0.15, 0.2) is 12.3 Å². The first-order chi connectivity index (χ1) is 6.68. The van der Waals surface area contributed by atoms with Crippen LogP contribution in [0.4, 0.5) is 8.78 Å². The Labute approximate surface area is 81.7 Å². The molecule has 0 saturated heterocycles. The lowest BCUT2D eigenvalue weighted by Gasteiger charge is -2.20. The fourth-order valence-electron chi connectivity index (χ4n) is 2.11. The minimum absolute atomic E-state index is 0.0395. The zero-order valence-electron chi connectivity index (χ0n) is 7.92. The topological polar surface area (TPSA) is 30.9 Å². The molecular weight excluding hydrogens is 186 g/mol. The van der Waals surface area contributed by atoms with Crippen LogP contribution in [-0.2, 0) is 13.0 Å². The van der Waals surface area contributed by atoms with Crippen molar-refractivity contribution < 1.29 is 8.78 Å². The largest absolute Gasteiger partial charge is 0.345 e. The Bertz CT molecular complexity index is 320. The normalized spacial score (nSPS) is 21.3. The van der Waals surface area contributed by atoms with Crippen molar-refractivity contribution in [2.45, 2.75) is 38.3 Å². The molecule has 0 radical (unpaired) electrons. The lowest BCUT2D eigenvalue weighted by atomic mass is 9.94. The fourth-order valence-corrected chi connectivity index (χ4v) is 2.11. The van der Waals surface area contributed by atoms with E-state index in [1.807, 2.05) is 6.07 Å². The zero-order chi connectivity index (χ0) is 10.1. The number of aromatic nitrogens is 1. The summed E-state index contributed by atoms with van der Waals surface area (Å²) < 4.78 is 26.1. The summed E-state index contributed by atoms with van der Waals surface area (Å²) in [5, 5.41) is 0. The van der Waals surface area contributed by atoms with Crippen molar-refractivity contribution in [2.24, 2.45) is 5.73 Å². The van der Waals surface area contributed by atoms with Crippen LogP contribution in [0.2, 0.25) is 0 Å². The van der Waals surface area contributed by atoms with Crippen LogP contribution in [0.5, 0.6) is 0 Å². The lowest BCUT2D eigenvalue weighted by molar-refractivity contribution is 0.125. The third-order valence-corrected chi connectivity index (χ3v) is 2.78. The van der Waals surface area contributed by atoms with Crippen LogP contribution in [0.3, 0.4) is 0 Å². The number of nitrogens with zero attached hydrogens (tertiary/aromatic N) is 1. The first-order valence-electron chi connectivity index (χ1n) is 4.90. The second kappa shape index (κ2) is 3.69. The van der Waals surface area contributed by atoms with Crippen molar-refractivity contribution in [3.8, 4) is 0 Å². The maximum absolute atomic E-state index is 12.2. The van der Waals surface area contributed by atoms with E-state index >= 15 is 0 Å². The lowest BCUT2D eigenvalue weighted by Crippen LogP contribution is -2.19. The number of hydrogen-bond donors (Lipinski definition) is 1. The highest BCUT2D eigenvalue weighted by molar-refractivity contribution is 5.28. The predicted octanol–water partition coefficient (Wildman–Crippen LogP) is 2.09. The summed E-state index contributed by atoms with van der Waals surface area (Å²) >= 11 is 0. The quantitative estimate of drug-likeness (QED) is 0.778. The predicted molar refractivity (Wildman–Crippen MR) is 50.3 cm³/mol. The molecule has 1 aliphatic rings. The first kappa shape index (κ1) is 9.65. The van der Waals surface area contributed by atoms with Gasteiger partial charge in [0.1, 0.15) is 0 Å². The van der Waals surface area contributed by atoms with Crippen molar-refractivity contribution in [3.63, 3.8) is 0 Å². The van der Waals surface area contributed by atoms with Gasteiger partial charge in [-0.25, -0.2) is 8.78 Å². The summed E-state index contributed by atoms with van der Waals surface area (Å²) in [4.78, 5) is 0. The van der Waals surface area contributed by atoms with E-state index in [1.165, 1.54) is 0 Å². The van der Waals surface area contributed by atoms with Gasteiger partial charge in [0, 0.05) is 17.9 Å². The maximum atomic E-state index is 12.2. The minimum Gasteiger partial charge on any atom is -0.345 e. The van der Waals surface area contributed by atoms with Crippen molar-refractivity contribution in [1.82, 2.24) is 4.57 Å². The van der Waals surface area contributed by atoms with Crippen LogP contribution in [-0.4, -0.2) is 11.0 Å². The van der Waals surface area contributed by atoms with E-state index in [0.29, 0.717) is 0 Å². The number of fused-ring (bicyclic) bond motifs is 1.